The lowest BCUT2D eigenvalue weighted by atomic mass is 9.93. The first-order valence-electron chi connectivity index (χ1n) is 8.74. The maximum atomic E-state index is 11.7. The van der Waals surface area contributed by atoms with Gasteiger partial charge in [0.1, 0.15) is 5.82 Å². The molecule has 0 bridgehead atoms. The van der Waals surface area contributed by atoms with Crippen molar-refractivity contribution >= 4 is 54.6 Å². The Morgan fingerprint density at radius 3 is 2.56 bits per heavy atom. The van der Waals surface area contributed by atoms with Crippen LogP contribution >= 0.6 is 15.9 Å². The summed E-state index contributed by atoms with van der Waals surface area (Å²) in [5.41, 5.74) is 1.53. The second-order valence-electron chi connectivity index (χ2n) is 6.80. The number of benzene rings is 1. The van der Waals surface area contributed by atoms with Crippen LogP contribution in [0.5, 0.6) is 0 Å². The third kappa shape index (κ3) is 5.82. The lowest BCUT2D eigenvalue weighted by molar-refractivity contribution is 0.116. The van der Waals surface area contributed by atoms with E-state index in [0.29, 0.717) is 11.8 Å². The van der Waals surface area contributed by atoms with E-state index in [0.717, 1.165) is 41.5 Å². The van der Waals surface area contributed by atoms with Gasteiger partial charge in [-0.05, 0) is 58.9 Å². The number of aliphatic hydroxyl groups is 1. The average Bonchev–Trinajstić information content (AvgIpc) is 2.60. The Labute approximate surface area is 168 Å². The zero-order valence-corrected chi connectivity index (χ0v) is 17.5. The Morgan fingerprint density at radius 1 is 1.22 bits per heavy atom. The summed E-state index contributed by atoms with van der Waals surface area (Å²) in [6.45, 7) is 0. The summed E-state index contributed by atoms with van der Waals surface area (Å²) in [5, 5.41) is 16.6. The topological polar surface area (TPSA) is 99.2 Å². The average molecular weight is 454 g/mol. The number of hydrogen-bond donors (Lipinski definition) is 4. The van der Waals surface area contributed by atoms with E-state index in [1.54, 1.807) is 12.5 Å². The van der Waals surface area contributed by atoms with Crippen LogP contribution < -0.4 is 15.4 Å². The molecular formula is C18H24BrN5O2S. The largest absolute Gasteiger partial charge is 0.391 e. The van der Waals surface area contributed by atoms with Gasteiger partial charge in [-0.3, -0.25) is 0 Å². The fourth-order valence-corrected chi connectivity index (χ4v) is 3.92. The summed E-state index contributed by atoms with van der Waals surface area (Å²) in [4.78, 5) is 8.80. The molecule has 1 heterocycles. The van der Waals surface area contributed by atoms with Crippen molar-refractivity contribution in [1.29, 1.82) is 0 Å². The van der Waals surface area contributed by atoms with Gasteiger partial charge in [0, 0.05) is 33.5 Å². The smallest absolute Gasteiger partial charge is 0.229 e. The van der Waals surface area contributed by atoms with Crippen molar-refractivity contribution in [3.05, 3.63) is 34.9 Å². The van der Waals surface area contributed by atoms with Gasteiger partial charge in [0.25, 0.3) is 0 Å². The van der Waals surface area contributed by atoms with Crippen molar-refractivity contribution in [1.82, 2.24) is 9.97 Å². The maximum absolute atomic E-state index is 11.7. The minimum Gasteiger partial charge on any atom is -0.391 e. The van der Waals surface area contributed by atoms with E-state index in [2.05, 4.69) is 47.1 Å². The molecule has 0 radical (unpaired) electrons. The van der Waals surface area contributed by atoms with Crippen LogP contribution in [-0.2, 0) is 9.71 Å². The number of nitrogens with one attached hydrogen (secondary N) is 3. The molecule has 3 atom stereocenters. The molecule has 1 aliphatic carbocycles. The molecular weight excluding hydrogens is 430 g/mol. The molecule has 0 amide bonds. The number of rotatable bonds is 6. The van der Waals surface area contributed by atoms with Gasteiger partial charge < -0.3 is 20.5 Å². The van der Waals surface area contributed by atoms with Crippen LogP contribution in [0.25, 0.3) is 0 Å². The summed E-state index contributed by atoms with van der Waals surface area (Å²) >= 11 is 3.46. The van der Waals surface area contributed by atoms with Crippen LogP contribution in [0.3, 0.4) is 0 Å². The molecule has 1 fully saturated rings. The maximum Gasteiger partial charge on any atom is 0.229 e. The molecule has 3 rings (SSSR count). The highest BCUT2D eigenvalue weighted by molar-refractivity contribution is 9.10. The van der Waals surface area contributed by atoms with Crippen molar-refractivity contribution in [3.8, 4) is 0 Å². The highest BCUT2D eigenvalue weighted by Crippen LogP contribution is 2.27. The van der Waals surface area contributed by atoms with Gasteiger partial charge in [-0.25, -0.2) is 9.19 Å². The highest BCUT2D eigenvalue weighted by Gasteiger charge is 2.24. The molecule has 0 spiro atoms. The molecule has 7 nitrogen and oxygen atoms in total. The summed E-state index contributed by atoms with van der Waals surface area (Å²) in [6.07, 6.45) is 6.75. The Morgan fingerprint density at radius 2 is 1.89 bits per heavy atom. The predicted octanol–water partition coefficient (Wildman–Crippen LogP) is 3.37. The Kier molecular flexibility index (Phi) is 6.23. The zero-order valence-electron chi connectivity index (χ0n) is 15.1. The van der Waals surface area contributed by atoms with E-state index >= 15 is 0 Å². The Bertz CT molecular complexity index is 889. The molecule has 0 aliphatic heterocycles. The van der Waals surface area contributed by atoms with E-state index in [9.17, 15) is 9.32 Å². The van der Waals surface area contributed by atoms with Crippen LogP contribution in [0, 0.1) is 0 Å². The van der Waals surface area contributed by atoms with Gasteiger partial charge in [-0.15, -0.1) is 0 Å². The lowest BCUT2D eigenvalue weighted by Gasteiger charge is -2.29. The van der Waals surface area contributed by atoms with E-state index in [1.807, 2.05) is 24.3 Å². The third-order valence-electron chi connectivity index (χ3n) is 4.27. The van der Waals surface area contributed by atoms with E-state index in [1.165, 1.54) is 0 Å². The van der Waals surface area contributed by atoms with E-state index in [-0.39, 0.29) is 12.1 Å². The fraction of sp³-hybridized carbons (Fsp3) is 0.389. The minimum absolute atomic E-state index is 0.00490. The van der Waals surface area contributed by atoms with Gasteiger partial charge in [-0.2, -0.15) is 4.98 Å². The van der Waals surface area contributed by atoms with Gasteiger partial charge in [-0.1, -0.05) is 12.8 Å². The molecule has 27 heavy (non-hydrogen) atoms. The number of hydrogen-bond acceptors (Lipinski definition) is 6. The molecule has 0 saturated heterocycles. The normalized spacial score (nSPS) is 21.9. The Hall–Kier alpha value is -1.84. The second-order valence-corrected chi connectivity index (χ2v) is 9.87. The van der Waals surface area contributed by atoms with Crippen molar-refractivity contribution < 1.29 is 9.32 Å². The van der Waals surface area contributed by atoms with Gasteiger partial charge in [0.05, 0.1) is 16.6 Å². The summed E-state index contributed by atoms with van der Waals surface area (Å²) in [6, 6.07) is 7.31. The molecule has 1 saturated carbocycles. The number of anilines is 4. The number of aliphatic hydroxyl groups excluding tert-OH is 1. The fourth-order valence-electron chi connectivity index (χ4n) is 2.98. The molecule has 2 aromatic rings. The quantitative estimate of drug-likeness (QED) is 0.500. The lowest BCUT2D eigenvalue weighted by Crippen LogP contribution is -2.36. The molecule has 1 aromatic carbocycles. The molecule has 1 aliphatic rings. The van der Waals surface area contributed by atoms with Gasteiger partial charge in [0.2, 0.25) is 5.95 Å². The minimum atomic E-state index is -2.31. The van der Waals surface area contributed by atoms with Gasteiger partial charge in [0.15, 0.2) is 0 Å². The van der Waals surface area contributed by atoms with Crippen molar-refractivity contribution in [2.75, 3.05) is 21.6 Å². The van der Waals surface area contributed by atoms with Crippen LogP contribution in [0.2, 0.25) is 0 Å². The molecule has 1 unspecified atom stereocenters. The third-order valence-corrected chi connectivity index (χ3v) is 5.52. The molecule has 146 valence electrons. The first-order chi connectivity index (χ1) is 12.8. The highest BCUT2D eigenvalue weighted by atomic mass is 79.9. The number of aromatic nitrogens is 2. The predicted molar refractivity (Wildman–Crippen MR) is 116 cm³/mol. The van der Waals surface area contributed by atoms with E-state index < -0.39 is 9.71 Å². The SMILES string of the molecule is C=S(C)(=O)Nc1ccc(Nc2ncc(Br)c(N[C@H]3CCCC[C@@H]3O)n2)cc1. The summed E-state index contributed by atoms with van der Waals surface area (Å²) in [7, 11) is -2.31. The van der Waals surface area contributed by atoms with E-state index in [4.69, 9.17) is 0 Å². The monoisotopic (exact) mass is 453 g/mol. The first kappa shape index (κ1) is 19.9. The van der Waals surface area contributed by atoms with Crippen LogP contribution in [0.1, 0.15) is 25.7 Å². The second kappa shape index (κ2) is 8.45. The van der Waals surface area contributed by atoms with Crippen LogP contribution in [-0.4, -0.2) is 43.6 Å². The first-order valence-corrected chi connectivity index (χ1v) is 11.7. The molecule has 4 N–H and O–H groups in total. The number of halogens is 1. The molecule has 9 heteroatoms. The van der Waals surface area contributed by atoms with Crippen LogP contribution in [0.4, 0.5) is 23.1 Å². The van der Waals surface area contributed by atoms with Gasteiger partial charge >= 0.3 is 0 Å². The number of nitrogens with zero attached hydrogens (tertiary/aromatic N) is 2. The van der Waals surface area contributed by atoms with Crippen molar-refractivity contribution in [3.63, 3.8) is 0 Å². The van der Waals surface area contributed by atoms with Crippen LogP contribution in [0.15, 0.2) is 34.9 Å². The molecule has 1 aromatic heterocycles. The summed E-state index contributed by atoms with van der Waals surface area (Å²) < 4.78 is 15.3. The standard InChI is InChI=1S/C18H24BrN5O2S/c1-27(2,26)24-13-9-7-12(8-10-13)21-18-20-11-14(19)17(23-18)22-15-5-3-4-6-16(15)25/h7-11,15-16,25H,1,3-6H2,2H3,(H,24,26)(H2,20,21,22,23)/t15-,16-,27?/m0/s1. The van der Waals surface area contributed by atoms with Crippen molar-refractivity contribution in [2.24, 2.45) is 0 Å². The zero-order chi connectivity index (χ0) is 19.4. The Balaban J connectivity index is 1.70. The summed E-state index contributed by atoms with van der Waals surface area (Å²) in [5.74, 6) is 4.68. The van der Waals surface area contributed by atoms with Crippen molar-refractivity contribution in [2.45, 2.75) is 37.8 Å².